The molecular formula is C36H32N2O6. The molecule has 0 unspecified atom stereocenters. The standard InChI is InChI=1S/C36H32N2O6/c1-24-30(38-35(42-24)27-11-6-3-7-12-27)13-8-14-34-37-31-21-26(15-20-32(31)44-34)22-33(36(39)40)43-29-18-16-28(17-19-29)41-23-25-9-4-2-5-10-25/h2-7,9-12,15-21,33H,8,13-14,22-23H2,1H3,(H,39,40)/t33-/m0/s1. The molecule has 0 amide bonds. The minimum atomic E-state index is -1.07. The molecule has 1 N–H and O–H groups in total. The highest BCUT2D eigenvalue weighted by Gasteiger charge is 2.21. The fourth-order valence-electron chi connectivity index (χ4n) is 4.94. The van der Waals surface area contributed by atoms with Crippen LogP contribution < -0.4 is 9.47 Å². The van der Waals surface area contributed by atoms with Crippen molar-refractivity contribution in [2.24, 2.45) is 0 Å². The van der Waals surface area contributed by atoms with E-state index in [2.05, 4.69) is 9.97 Å². The molecule has 0 bridgehead atoms. The van der Waals surface area contributed by atoms with Crippen LogP contribution >= 0.6 is 0 Å². The number of nitrogens with zero attached hydrogens (tertiary/aromatic N) is 2. The monoisotopic (exact) mass is 588 g/mol. The lowest BCUT2D eigenvalue weighted by Crippen LogP contribution is -2.29. The molecule has 0 fully saturated rings. The summed E-state index contributed by atoms with van der Waals surface area (Å²) < 4.78 is 23.5. The van der Waals surface area contributed by atoms with E-state index in [1.54, 1.807) is 24.3 Å². The molecule has 8 nitrogen and oxygen atoms in total. The van der Waals surface area contributed by atoms with Gasteiger partial charge in [-0.2, -0.15) is 0 Å². The molecule has 0 aliphatic carbocycles. The molecule has 8 heteroatoms. The van der Waals surface area contributed by atoms with Gasteiger partial charge < -0.3 is 23.4 Å². The maximum atomic E-state index is 12.0. The van der Waals surface area contributed by atoms with Gasteiger partial charge in [0.2, 0.25) is 5.89 Å². The summed E-state index contributed by atoms with van der Waals surface area (Å²) in [6, 6.07) is 32.2. The molecule has 2 aromatic heterocycles. The second-order valence-corrected chi connectivity index (χ2v) is 10.5. The summed E-state index contributed by atoms with van der Waals surface area (Å²) in [7, 11) is 0. The van der Waals surface area contributed by atoms with Gasteiger partial charge in [-0.1, -0.05) is 54.6 Å². The Bertz CT molecular complexity index is 1830. The molecule has 6 rings (SSSR count). The highest BCUT2D eigenvalue weighted by atomic mass is 16.5. The van der Waals surface area contributed by atoms with Crippen LogP contribution in [0, 0.1) is 6.92 Å². The molecule has 0 saturated carbocycles. The third kappa shape index (κ3) is 7.15. The summed E-state index contributed by atoms with van der Waals surface area (Å²) in [6.45, 7) is 2.38. The average molecular weight is 589 g/mol. The van der Waals surface area contributed by atoms with E-state index in [9.17, 15) is 9.90 Å². The van der Waals surface area contributed by atoms with E-state index in [4.69, 9.17) is 18.3 Å². The number of carboxylic acids is 1. The Balaban J connectivity index is 1.04. The number of aryl methyl sites for hydroxylation is 3. The highest BCUT2D eigenvalue weighted by molar-refractivity contribution is 5.75. The summed E-state index contributed by atoms with van der Waals surface area (Å²) in [5.41, 5.74) is 5.08. The van der Waals surface area contributed by atoms with Gasteiger partial charge >= 0.3 is 5.97 Å². The predicted octanol–water partition coefficient (Wildman–Crippen LogP) is 7.62. The molecule has 222 valence electrons. The number of fused-ring (bicyclic) bond motifs is 1. The largest absolute Gasteiger partial charge is 0.489 e. The number of hydrogen-bond donors (Lipinski definition) is 1. The van der Waals surface area contributed by atoms with Gasteiger partial charge in [0.05, 0.1) is 5.69 Å². The van der Waals surface area contributed by atoms with Gasteiger partial charge in [0, 0.05) is 18.4 Å². The van der Waals surface area contributed by atoms with E-state index in [1.807, 2.05) is 85.8 Å². The van der Waals surface area contributed by atoms with E-state index < -0.39 is 12.1 Å². The quantitative estimate of drug-likeness (QED) is 0.147. The van der Waals surface area contributed by atoms with Crippen LogP contribution in [0.4, 0.5) is 0 Å². The van der Waals surface area contributed by atoms with Crippen molar-refractivity contribution in [3.8, 4) is 23.0 Å². The van der Waals surface area contributed by atoms with Crippen molar-refractivity contribution in [3.05, 3.63) is 132 Å². The van der Waals surface area contributed by atoms with Crippen molar-refractivity contribution in [2.75, 3.05) is 0 Å². The Hall–Kier alpha value is -5.37. The first kappa shape index (κ1) is 28.7. The first-order chi connectivity index (χ1) is 21.5. The number of hydrogen-bond acceptors (Lipinski definition) is 7. The van der Waals surface area contributed by atoms with E-state index in [-0.39, 0.29) is 6.42 Å². The Morgan fingerprint density at radius 1 is 0.818 bits per heavy atom. The van der Waals surface area contributed by atoms with Gasteiger partial charge in [-0.25, -0.2) is 14.8 Å². The Morgan fingerprint density at radius 2 is 1.55 bits per heavy atom. The van der Waals surface area contributed by atoms with Crippen LogP contribution in [0.5, 0.6) is 11.5 Å². The molecule has 0 spiro atoms. The second-order valence-electron chi connectivity index (χ2n) is 10.5. The number of carbonyl (C=O) groups is 1. The number of aromatic nitrogens is 2. The predicted molar refractivity (Wildman–Crippen MR) is 166 cm³/mol. The fraction of sp³-hybridized carbons (Fsp3) is 0.194. The summed E-state index contributed by atoms with van der Waals surface area (Å²) in [4.78, 5) is 21.4. The first-order valence-electron chi connectivity index (χ1n) is 14.6. The lowest BCUT2D eigenvalue weighted by Gasteiger charge is -2.16. The van der Waals surface area contributed by atoms with Crippen molar-refractivity contribution < 1.29 is 28.2 Å². The molecule has 1 atom stereocenters. The molecule has 0 aliphatic heterocycles. The second kappa shape index (κ2) is 13.3. The Labute approximate surface area is 254 Å². The molecular weight excluding hydrogens is 556 g/mol. The van der Waals surface area contributed by atoms with Crippen molar-refractivity contribution in [1.82, 2.24) is 9.97 Å². The van der Waals surface area contributed by atoms with Gasteiger partial charge in [-0.15, -0.1) is 0 Å². The molecule has 0 aliphatic rings. The van der Waals surface area contributed by atoms with Crippen LogP contribution in [0.2, 0.25) is 0 Å². The maximum absolute atomic E-state index is 12.0. The average Bonchev–Trinajstić information content (AvgIpc) is 3.63. The van der Waals surface area contributed by atoms with Crippen molar-refractivity contribution >= 4 is 17.1 Å². The number of rotatable bonds is 13. The normalized spacial score (nSPS) is 11.8. The van der Waals surface area contributed by atoms with Gasteiger partial charge in [-0.05, 0) is 79.4 Å². The Kier molecular flexibility index (Phi) is 8.68. The summed E-state index contributed by atoms with van der Waals surface area (Å²) in [5.74, 6) is 2.15. The maximum Gasteiger partial charge on any atom is 0.345 e. The number of carboxylic acid groups (broad SMARTS) is 1. The van der Waals surface area contributed by atoms with Crippen LogP contribution in [0.1, 0.15) is 34.9 Å². The van der Waals surface area contributed by atoms with E-state index in [0.29, 0.717) is 47.4 Å². The lowest BCUT2D eigenvalue weighted by atomic mass is 10.1. The molecule has 6 aromatic rings. The van der Waals surface area contributed by atoms with Gasteiger partial charge in [-0.3, -0.25) is 0 Å². The third-order valence-corrected chi connectivity index (χ3v) is 7.26. The highest BCUT2D eigenvalue weighted by Crippen LogP contribution is 2.25. The van der Waals surface area contributed by atoms with Gasteiger partial charge in [0.15, 0.2) is 17.6 Å². The van der Waals surface area contributed by atoms with Gasteiger partial charge in [0.1, 0.15) is 29.4 Å². The lowest BCUT2D eigenvalue weighted by molar-refractivity contribution is -0.145. The molecule has 4 aromatic carbocycles. The summed E-state index contributed by atoms with van der Waals surface area (Å²) in [6.07, 6.45) is 1.29. The molecule has 0 saturated heterocycles. The number of oxazole rings is 2. The molecule has 0 radical (unpaired) electrons. The SMILES string of the molecule is Cc1oc(-c2ccccc2)nc1CCCc1nc2cc(C[C@H](Oc3ccc(OCc4ccccc4)cc3)C(=O)O)ccc2o1. The summed E-state index contributed by atoms with van der Waals surface area (Å²) >= 11 is 0. The zero-order valence-corrected chi connectivity index (χ0v) is 24.3. The topological polar surface area (TPSA) is 108 Å². The van der Waals surface area contributed by atoms with E-state index in [0.717, 1.165) is 41.0 Å². The van der Waals surface area contributed by atoms with Crippen molar-refractivity contribution in [3.63, 3.8) is 0 Å². The van der Waals surface area contributed by atoms with Crippen molar-refractivity contribution in [2.45, 2.75) is 45.3 Å². The van der Waals surface area contributed by atoms with Crippen LogP contribution in [0.3, 0.4) is 0 Å². The third-order valence-electron chi connectivity index (χ3n) is 7.26. The number of ether oxygens (including phenoxy) is 2. The molecule has 44 heavy (non-hydrogen) atoms. The fourth-order valence-corrected chi connectivity index (χ4v) is 4.94. The van der Waals surface area contributed by atoms with Crippen LogP contribution in [0.25, 0.3) is 22.6 Å². The van der Waals surface area contributed by atoms with Crippen LogP contribution in [0.15, 0.2) is 112 Å². The van der Waals surface area contributed by atoms with E-state index >= 15 is 0 Å². The number of benzene rings is 4. The first-order valence-corrected chi connectivity index (χ1v) is 14.6. The Morgan fingerprint density at radius 3 is 2.30 bits per heavy atom. The van der Waals surface area contributed by atoms with Gasteiger partial charge in [0.25, 0.3) is 0 Å². The number of aliphatic carboxylic acids is 1. The zero-order valence-electron chi connectivity index (χ0n) is 24.3. The van der Waals surface area contributed by atoms with Crippen molar-refractivity contribution in [1.29, 1.82) is 0 Å². The zero-order chi connectivity index (χ0) is 30.3. The summed E-state index contributed by atoms with van der Waals surface area (Å²) in [5, 5.41) is 9.86. The minimum Gasteiger partial charge on any atom is -0.489 e. The van der Waals surface area contributed by atoms with E-state index in [1.165, 1.54) is 0 Å². The minimum absolute atomic E-state index is 0.176. The van der Waals surface area contributed by atoms with Crippen LogP contribution in [-0.2, 0) is 30.7 Å². The van der Waals surface area contributed by atoms with Crippen LogP contribution in [-0.4, -0.2) is 27.1 Å². The molecule has 2 heterocycles. The smallest absolute Gasteiger partial charge is 0.345 e.